The lowest BCUT2D eigenvalue weighted by Crippen LogP contribution is -2.14. The standard InChI is InChI=1S/C15H22O6/c1-3-5-11(16)7-10(8-12(17)6-4-2)13(15(20)21)9-14(18)19/h3-9H2,1-2H3,(H,18,19)(H,20,21). The number of carboxylic acids is 2. The fourth-order valence-corrected chi connectivity index (χ4v) is 1.99. The van der Waals surface area contributed by atoms with Gasteiger partial charge in [-0.25, -0.2) is 4.79 Å². The first-order valence-corrected chi connectivity index (χ1v) is 7.01. The number of carboxylic acid groups (broad SMARTS) is 2. The van der Waals surface area contributed by atoms with Gasteiger partial charge in [-0.1, -0.05) is 13.8 Å². The van der Waals surface area contributed by atoms with Gasteiger partial charge in [0.05, 0.1) is 6.42 Å². The van der Waals surface area contributed by atoms with Gasteiger partial charge < -0.3 is 10.2 Å². The lowest BCUT2D eigenvalue weighted by molar-refractivity contribution is -0.139. The molecule has 0 aliphatic rings. The van der Waals surface area contributed by atoms with Crippen LogP contribution in [0.5, 0.6) is 0 Å². The van der Waals surface area contributed by atoms with Crippen LogP contribution in [-0.2, 0) is 19.2 Å². The van der Waals surface area contributed by atoms with Gasteiger partial charge in [0.25, 0.3) is 0 Å². The van der Waals surface area contributed by atoms with Crippen molar-refractivity contribution in [3.8, 4) is 0 Å². The van der Waals surface area contributed by atoms with Crippen molar-refractivity contribution in [1.29, 1.82) is 0 Å². The maximum atomic E-state index is 11.7. The van der Waals surface area contributed by atoms with Gasteiger partial charge in [-0.2, -0.15) is 0 Å². The van der Waals surface area contributed by atoms with Crippen LogP contribution in [0, 0.1) is 0 Å². The van der Waals surface area contributed by atoms with Crippen LogP contribution in [0.25, 0.3) is 0 Å². The minimum Gasteiger partial charge on any atom is -0.481 e. The molecule has 0 aliphatic carbocycles. The van der Waals surface area contributed by atoms with Crippen molar-refractivity contribution in [3.05, 3.63) is 11.1 Å². The normalized spacial score (nSPS) is 10.0. The highest BCUT2D eigenvalue weighted by molar-refractivity contribution is 5.96. The maximum Gasteiger partial charge on any atom is 0.332 e. The first kappa shape index (κ1) is 19.0. The molecule has 0 saturated heterocycles. The van der Waals surface area contributed by atoms with E-state index in [1.165, 1.54) is 0 Å². The summed E-state index contributed by atoms with van der Waals surface area (Å²) in [6.45, 7) is 3.64. The van der Waals surface area contributed by atoms with Gasteiger partial charge >= 0.3 is 11.9 Å². The predicted molar refractivity (Wildman–Crippen MR) is 76.0 cm³/mol. The first-order chi connectivity index (χ1) is 9.81. The fourth-order valence-electron chi connectivity index (χ4n) is 1.99. The topological polar surface area (TPSA) is 109 Å². The van der Waals surface area contributed by atoms with Crippen molar-refractivity contribution >= 4 is 23.5 Å². The van der Waals surface area contributed by atoms with Gasteiger partial charge in [-0.3, -0.25) is 14.4 Å². The average Bonchev–Trinajstić information content (AvgIpc) is 2.35. The molecule has 2 N–H and O–H groups in total. The van der Waals surface area contributed by atoms with E-state index in [-0.39, 0.29) is 48.4 Å². The molecule has 0 heterocycles. The molecule has 6 nitrogen and oxygen atoms in total. The van der Waals surface area contributed by atoms with Gasteiger partial charge in [0.15, 0.2) is 0 Å². The molecule has 0 radical (unpaired) electrons. The number of carbonyl (C=O) groups is 4. The quantitative estimate of drug-likeness (QED) is 0.567. The number of hydrogen-bond acceptors (Lipinski definition) is 4. The summed E-state index contributed by atoms with van der Waals surface area (Å²) in [4.78, 5) is 45.4. The summed E-state index contributed by atoms with van der Waals surface area (Å²) in [5.74, 6) is -3.04. The van der Waals surface area contributed by atoms with Crippen molar-refractivity contribution in [3.63, 3.8) is 0 Å². The third kappa shape index (κ3) is 8.02. The highest BCUT2D eigenvalue weighted by Gasteiger charge is 2.21. The zero-order valence-corrected chi connectivity index (χ0v) is 12.5. The van der Waals surface area contributed by atoms with Crippen molar-refractivity contribution in [2.75, 3.05) is 0 Å². The van der Waals surface area contributed by atoms with Gasteiger partial charge in [0, 0.05) is 31.3 Å². The van der Waals surface area contributed by atoms with Crippen LogP contribution in [0.4, 0.5) is 0 Å². The first-order valence-electron chi connectivity index (χ1n) is 7.01. The SMILES string of the molecule is CCCC(=O)CC(CC(=O)CCC)=C(CC(=O)O)C(=O)O. The maximum absolute atomic E-state index is 11.7. The Labute approximate surface area is 123 Å². The minimum atomic E-state index is -1.39. The van der Waals surface area contributed by atoms with E-state index in [0.29, 0.717) is 12.8 Å². The second-order valence-electron chi connectivity index (χ2n) is 4.89. The molecular formula is C15H22O6. The molecule has 0 aromatic rings. The second-order valence-corrected chi connectivity index (χ2v) is 4.89. The van der Waals surface area contributed by atoms with Crippen LogP contribution in [0.3, 0.4) is 0 Å². The largest absolute Gasteiger partial charge is 0.481 e. The Kier molecular flexibility index (Phi) is 8.92. The molecule has 6 heteroatoms. The van der Waals surface area contributed by atoms with Crippen LogP contribution in [0.1, 0.15) is 58.8 Å². The number of ketones is 2. The van der Waals surface area contributed by atoms with Crippen LogP contribution in [-0.4, -0.2) is 33.7 Å². The third-order valence-electron chi connectivity index (χ3n) is 2.89. The number of aliphatic carboxylic acids is 2. The Bertz CT molecular complexity index is 425. The number of Topliss-reactive ketones (excluding diaryl/α,β-unsaturated/α-hetero) is 2. The molecule has 118 valence electrons. The molecule has 0 aromatic heterocycles. The van der Waals surface area contributed by atoms with E-state index in [9.17, 15) is 19.2 Å². The van der Waals surface area contributed by atoms with Crippen molar-refractivity contribution in [1.82, 2.24) is 0 Å². The number of rotatable bonds is 11. The predicted octanol–water partition coefficient (Wildman–Crippen LogP) is 2.36. The van der Waals surface area contributed by atoms with Crippen LogP contribution in [0.15, 0.2) is 11.1 Å². The number of carbonyl (C=O) groups excluding carboxylic acids is 2. The fraction of sp³-hybridized carbons (Fsp3) is 0.600. The summed E-state index contributed by atoms with van der Waals surface area (Å²) in [5.41, 5.74) is -0.224. The number of allylic oxidation sites excluding steroid dienone is 1. The van der Waals surface area contributed by atoms with Crippen molar-refractivity contribution in [2.24, 2.45) is 0 Å². The average molecular weight is 298 g/mol. The van der Waals surface area contributed by atoms with E-state index in [4.69, 9.17) is 10.2 Å². The molecule has 21 heavy (non-hydrogen) atoms. The van der Waals surface area contributed by atoms with Crippen LogP contribution >= 0.6 is 0 Å². The molecule has 0 bridgehead atoms. The van der Waals surface area contributed by atoms with Gasteiger partial charge in [-0.05, 0) is 18.4 Å². The molecule has 0 rings (SSSR count). The van der Waals surface area contributed by atoms with E-state index in [1.807, 2.05) is 13.8 Å². The molecule has 0 fully saturated rings. The Balaban J connectivity index is 5.39. The molecule has 0 amide bonds. The van der Waals surface area contributed by atoms with E-state index in [2.05, 4.69) is 0 Å². The summed E-state index contributed by atoms with van der Waals surface area (Å²) in [6, 6.07) is 0. The van der Waals surface area contributed by atoms with Crippen LogP contribution in [0.2, 0.25) is 0 Å². The van der Waals surface area contributed by atoms with E-state index < -0.39 is 18.4 Å². The highest BCUT2D eigenvalue weighted by Crippen LogP contribution is 2.20. The Hall–Kier alpha value is -1.98. The lowest BCUT2D eigenvalue weighted by atomic mass is 9.93. The molecule has 0 saturated carbocycles. The van der Waals surface area contributed by atoms with E-state index in [0.717, 1.165) is 0 Å². The summed E-state index contributed by atoms with van der Waals surface area (Å²) in [7, 11) is 0. The molecular weight excluding hydrogens is 276 g/mol. The highest BCUT2D eigenvalue weighted by atomic mass is 16.4. The Morgan fingerprint density at radius 3 is 1.48 bits per heavy atom. The van der Waals surface area contributed by atoms with Gasteiger partial charge in [0.2, 0.25) is 0 Å². The van der Waals surface area contributed by atoms with E-state index in [1.54, 1.807) is 0 Å². The Morgan fingerprint density at radius 2 is 1.19 bits per heavy atom. The molecule has 0 aromatic carbocycles. The van der Waals surface area contributed by atoms with Gasteiger partial charge in [0.1, 0.15) is 11.6 Å². The third-order valence-corrected chi connectivity index (χ3v) is 2.89. The lowest BCUT2D eigenvalue weighted by Gasteiger charge is -2.10. The monoisotopic (exact) mass is 298 g/mol. The minimum absolute atomic E-state index is 0.127. The molecule has 0 spiro atoms. The summed E-state index contributed by atoms with van der Waals surface area (Å²) >= 11 is 0. The second kappa shape index (κ2) is 9.85. The summed E-state index contributed by atoms with van der Waals surface area (Å²) in [5, 5.41) is 17.9. The zero-order chi connectivity index (χ0) is 16.4. The molecule has 0 atom stereocenters. The summed E-state index contributed by atoms with van der Waals surface area (Å²) in [6.07, 6.45) is 0.781. The van der Waals surface area contributed by atoms with Crippen molar-refractivity contribution < 1.29 is 29.4 Å². The van der Waals surface area contributed by atoms with Gasteiger partial charge in [-0.15, -0.1) is 0 Å². The smallest absolute Gasteiger partial charge is 0.332 e. The van der Waals surface area contributed by atoms with Crippen LogP contribution < -0.4 is 0 Å². The van der Waals surface area contributed by atoms with Crippen molar-refractivity contribution in [2.45, 2.75) is 58.8 Å². The molecule has 0 unspecified atom stereocenters. The summed E-state index contributed by atoms with van der Waals surface area (Å²) < 4.78 is 0. The zero-order valence-electron chi connectivity index (χ0n) is 12.5. The van der Waals surface area contributed by atoms with E-state index >= 15 is 0 Å². The Morgan fingerprint density at radius 1 is 0.762 bits per heavy atom. The molecule has 0 aliphatic heterocycles. The number of hydrogen-bond donors (Lipinski definition) is 2.